The Kier molecular flexibility index (Phi) is 4.66. The van der Waals surface area contributed by atoms with E-state index in [1.54, 1.807) is 0 Å². The third kappa shape index (κ3) is 3.31. The quantitative estimate of drug-likeness (QED) is 0.731. The van der Waals surface area contributed by atoms with Gasteiger partial charge in [-0.25, -0.2) is 13.1 Å². The van der Waals surface area contributed by atoms with Gasteiger partial charge in [0.1, 0.15) is 4.90 Å². The van der Waals surface area contributed by atoms with Crippen molar-refractivity contribution in [1.82, 2.24) is 14.5 Å². The molecule has 1 aliphatic carbocycles. The van der Waals surface area contributed by atoms with Crippen molar-refractivity contribution in [2.45, 2.75) is 62.6 Å². The van der Waals surface area contributed by atoms with Crippen molar-refractivity contribution in [2.24, 2.45) is 0 Å². The Morgan fingerprint density at radius 1 is 1.50 bits per heavy atom. The second-order valence-electron chi connectivity index (χ2n) is 5.22. The van der Waals surface area contributed by atoms with Crippen LogP contribution in [0.15, 0.2) is 11.1 Å². The molecule has 2 atom stereocenters. The summed E-state index contributed by atoms with van der Waals surface area (Å²) in [5.41, 5.74) is 5.68. The molecule has 1 aromatic heterocycles. The molecule has 1 heterocycles. The second-order valence-corrected chi connectivity index (χ2v) is 6.90. The molecule has 8 heteroatoms. The zero-order valence-corrected chi connectivity index (χ0v) is 12.4. The van der Waals surface area contributed by atoms with Crippen LogP contribution in [0.1, 0.15) is 39.0 Å². The number of nitrogen functional groups attached to an aromatic ring is 1. The highest BCUT2D eigenvalue weighted by Crippen LogP contribution is 2.22. The number of anilines is 1. The first-order valence-electron chi connectivity index (χ1n) is 6.97. The molecule has 1 fully saturated rings. The number of hydrogen-bond donors (Lipinski definition) is 3. The fraction of sp³-hybridized carbons (Fsp3) is 0.750. The van der Waals surface area contributed by atoms with Crippen molar-refractivity contribution in [1.29, 1.82) is 0 Å². The molecule has 0 spiro atoms. The van der Waals surface area contributed by atoms with Gasteiger partial charge in [-0.05, 0) is 19.3 Å². The molecule has 0 aliphatic heterocycles. The normalized spacial score (nSPS) is 23.9. The fourth-order valence-electron chi connectivity index (χ4n) is 2.48. The van der Waals surface area contributed by atoms with Crippen molar-refractivity contribution in [3.05, 3.63) is 6.20 Å². The summed E-state index contributed by atoms with van der Waals surface area (Å²) in [6.07, 6.45) is 4.75. The van der Waals surface area contributed by atoms with Crippen LogP contribution < -0.4 is 10.5 Å². The molecule has 2 rings (SSSR count). The molecule has 7 nitrogen and oxygen atoms in total. The van der Waals surface area contributed by atoms with Crippen LogP contribution in [0.3, 0.4) is 0 Å². The fourth-order valence-corrected chi connectivity index (χ4v) is 3.86. The maximum atomic E-state index is 12.3. The van der Waals surface area contributed by atoms with E-state index in [1.165, 1.54) is 10.9 Å². The predicted octanol–water partition coefficient (Wildman–Crippen LogP) is 0.457. The van der Waals surface area contributed by atoms with Gasteiger partial charge in [-0.2, -0.15) is 5.10 Å². The molecule has 0 saturated heterocycles. The smallest absolute Gasteiger partial charge is 0.246 e. The van der Waals surface area contributed by atoms with Crippen molar-refractivity contribution in [3.63, 3.8) is 0 Å². The number of sulfonamides is 1. The maximum Gasteiger partial charge on any atom is 0.246 e. The first-order chi connectivity index (χ1) is 9.44. The Morgan fingerprint density at radius 2 is 2.20 bits per heavy atom. The average molecular weight is 302 g/mol. The first-order valence-corrected chi connectivity index (χ1v) is 8.45. The molecule has 0 radical (unpaired) electrons. The molecule has 20 heavy (non-hydrogen) atoms. The Morgan fingerprint density at radius 3 is 2.85 bits per heavy atom. The number of rotatable bonds is 5. The molecule has 0 amide bonds. The Labute approximate surface area is 119 Å². The number of nitrogens with zero attached hydrogens (tertiary/aromatic N) is 2. The van der Waals surface area contributed by atoms with E-state index in [-0.39, 0.29) is 10.7 Å². The monoisotopic (exact) mass is 302 g/mol. The van der Waals surface area contributed by atoms with Gasteiger partial charge in [-0.3, -0.25) is 4.68 Å². The van der Waals surface area contributed by atoms with Crippen LogP contribution in [0.4, 0.5) is 5.82 Å². The van der Waals surface area contributed by atoms with E-state index in [0.29, 0.717) is 19.4 Å². The molecule has 114 valence electrons. The lowest BCUT2D eigenvalue weighted by Crippen LogP contribution is -2.45. The van der Waals surface area contributed by atoms with Gasteiger partial charge in [0.2, 0.25) is 10.0 Å². The molecule has 1 aliphatic rings. The molecular formula is C12H22N4O3S. The lowest BCUT2D eigenvalue weighted by molar-refractivity contribution is 0.101. The molecule has 1 saturated carbocycles. The number of aryl methyl sites for hydroxylation is 1. The topological polar surface area (TPSA) is 110 Å². The number of nitrogens with two attached hydrogens (primary N) is 1. The van der Waals surface area contributed by atoms with Gasteiger partial charge in [0.25, 0.3) is 0 Å². The van der Waals surface area contributed by atoms with E-state index in [1.807, 2.05) is 6.92 Å². The molecule has 1 aromatic rings. The van der Waals surface area contributed by atoms with Crippen molar-refractivity contribution in [3.8, 4) is 0 Å². The van der Waals surface area contributed by atoms with Crippen LogP contribution in [0, 0.1) is 0 Å². The minimum Gasteiger partial charge on any atom is -0.391 e. The summed E-state index contributed by atoms with van der Waals surface area (Å²) in [6.45, 7) is 2.59. The van der Waals surface area contributed by atoms with E-state index >= 15 is 0 Å². The van der Waals surface area contributed by atoms with Crippen LogP contribution in [0.25, 0.3) is 0 Å². The van der Waals surface area contributed by atoms with Crippen LogP contribution in [0.5, 0.6) is 0 Å². The van der Waals surface area contributed by atoms with Gasteiger partial charge in [-0.15, -0.1) is 0 Å². The molecule has 0 bridgehead atoms. The summed E-state index contributed by atoms with van der Waals surface area (Å²) in [6, 6.07) is -0.442. The summed E-state index contributed by atoms with van der Waals surface area (Å²) in [5, 5.41) is 13.9. The lowest BCUT2D eigenvalue weighted by Gasteiger charge is -2.27. The van der Waals surface area contributed by atoms with E-state index in [0.717, 1.165) is 19.3 Å². The molecule has 4 N–H and O–H groups in total. The van der Waals surface area contributed by atoms with Gasteiger partial charge < -0.3 is 10.8 Å². The molecular weight excluding hydrogens is 280 g/mol. The Balaban J connectivity index is 2.17. The van der Waals surface area contributed by atoms with E-state index in [9.17, 15) is 13.5 Å². The number of aromatic nitrogens is 2. The highest BCUT2D eigenvalue weighted by Gasteiger charge is 2.30. The second kappa shape index (κ2) is 6.11. The van der Waals surface area contributed by atoms with E-state index in [4.69, 9.17) is 5.73 Å². The van der Waals surface area contributed by atoms with Crippen LogP contribution in [-0.2, 0) is 16.6 Å². The van der Waals surface area contributed by atoms with Crippen LogP contribution >= 0.6 is 0 Å². The first kappa shape index (κ1) is 15.3. The predicted molar refractivity (Wildman–Crippen MR) is 75.5 cm³/mol. The summed E-state index contributed by atoms with van der Waals surface area (Å²) in [5.74, 6) is -0.00347. The van der Waals surface area contributed by atoms with Gasteiger partial charge in [0, 0.05) is 18.8 Å². The van der Waals surface area contributed by atoms with Crippen LogP contribution in [-0.4, -0.2) is 35.5 Å². The highest BCUT2D eigenvalue weighted by atomic mass is 32.2. The SMILES string of the molecule is CCCn1cc(S(=O)(=O)N[C@H]2CCCC[C@@H]2O)c(N)n1. The van der Waals surface area contributed by atoms with E-state index in [2.05, 4.69) is 9.82 Å². The molecule has 0 unspecified atom stereocenters. The minimum absolute atomic E-state index is 0.00347. The standard InChI is InChI=1S/C12H22N4O3S/c1-2-7-16-8-11(12(13)14-16)20(18,19)15-9-5-3-4-6-10(9)17/h8-10,15,17H,2-7H2,1H3,(H2,13,14)/t9-,10-/m0/s1. The van der Waals surface area contributed by atoms with E-state index < -0.39 is 22.2 Å². The van der Waals surface area contributed by atoms with Crippen molar-refractivity contribution >= 4 is 15.8 Å². The summed E-state index contributed by atoms with van der Waals surface area (Å²) < 4.78 is 28.7. The number of aliphatic hydroxyl groups excluding tert-OH is 1. The third-order valence-electron chi connectivity index (χ3n) is 3.53. The summed E-state index contributed by atoms with van der Waals surface area (Å²) in [7, 11) is -3.74. The van der Waals surface area contributed by atoms with Gasteiger partial charge in [-0.1, -0.05) is 19.8 Å². The zero-order chi connectivity index (χ0) is 14.8. The van der Waals surface area contributed by atoms with Crippen molar-refractivity contribution < 1.29 is 13.5 Å². The minimum atomic E-state index is -3.74. The Hall–Kier alpha value is -1.12. The highest BCUT2D eigenvalue weighted by molar-refractivity contribution is 7.89. The number of hydrogen-bond acceptors (Lipinski definition) is 5. The number of nitrogens with one attached hydrogen (secondary N) is 1. The molecule has 0 aromatic carbocycles. The van der Waals surface area contributed by atoms with Gasteiger partial charge in [0.15, 0.2) is 5.82 Å². The average Bonchev–Trinajstić information content (AvgIpc) is 2.74. The lowest BCUT2D eigenvalue weighted by atomic mass is 9.93. The largest absolute Gasteiger partial charge is 0.391 e. The van der Waals surface area contributed by atoms with Crippen LogP contribution in [0.2, 0.25) is 0 Å². The third-order valence-corrected chi connectivity index (χ3v) is 5.04. The number of aliphatic hydroxyl groups is 1. The summed E-state index contributed by atoms with van der Waals surface area (Å²) in [4.78, 5) is -0.0104. The van der Waals surface area contributed by atoms with Gasteiger partial charge >= 0.3 is 0 Å². The van der Waals surface area contributed by atoms with Gasteiger partial charge in [0.05, 0.1) is 6.10 Å². The van der Waals surface area contributed by atoms with Crippen molar-refractivity contribution in [2.75, 3.05) is 5.73 Å². The summed E-state index contributed by atoms with van der Waals surface area (Å²) >= 11 is 0. The Bertz CT molecular complexity index is 555. The maximum absolute atomic E-state index is 12.3. The zero-order valence-electron chi connectivity index (χ0n) is 11.6.